The second kappa shape index (κ2) is 19.3. The highest BCUT2D eigenvalue weighted by Crippen LogP contribution is 2.50. The maximum absolute atomic E-state index is 15.0. The van der Waals surface area contributed by atoms with Gasteiger partial charge in [0.25, 0.3) is 5.91 Å². The van der Waals surface area contributed by atoms with E-state index in [0.29, 0.717) is 42.9 Å². The van der Waals surface area contributed by atoms with E-state index in [1.165, 1.54) is 35.2 Å². The molecule has 2 aliphatic carbocycles. The fourth-order valence-corrected chi connectivity index (χ4v) is 10.6. The molecule has 12 nitrogen and oxygen atoms in total. The lowest BCUT2D eigenvalue weighted by molar-refractivity contribution is -0.140. The van der Waals surface area contributed by atoms with Crippen molar-refractivity contribution >= 4 is 54.1 Å². The number of benzene rings is 3. The minimum absolute atomic E-state index is 0.000904. The van der Waals surface area contributed by atoms with Crippen molar-refractivity contribution in [2.45, 2.75) is 151 Å². The van der Waals surface area contributed by atoms with E-state index in [4.69, 9.17) is 8.85 Å². The topological polar surface area (TPSA) is 173 Å². The Balaban J connectivity index is 0.000000330. The molecule has 3 aromatic carbocycles. The van der Waals surface area contributed by atoms with Crippen molar-refractivity contribution in [1.82, 2.24) is 10.2 Å². The number of rotatable bonds is 14. The van der Waals surface area contributed by atoms with Crippen LogP contribution in [0.4, 0.5) is 22.0 Å². The van der Waals surface area contributed by atoms with E-state index in [1.54, 1.807) is 6.07 Å². The van der Waals surface area contributed by atoms with E-state index in [1.807, 2.05) is 0 Å². The molecular formula is C47H63F5N2O10S2Si2. The van der Waals surface area contributed by atoms with Crippen LogP contribution >= 0.6 is 0 Å². The van der Waals surface area contributed by atoms with Gasteiger partial charge < -0.3 is 24.2 Å². The first kappa shape index (κ1) is 54.9. The van der Waals surface area contributed by atoms with E-state index in [2.05, 4.69) is 73.0 Å². The first-order valence-electron chi connectivity index (χ1n) is 22.2. The second-order valence-electron chi connectivity index (χ2n) is 21.3. The van der Waals surface area contributed by atoms with Crippen molar-refractivity contribution in [2.75, 3.05) is 12.5 Å². The van der Waals surface area contributed by atoms with Crippen LogP contribution in [0.3, 0.4) is 0 Å². The average molecular weight is 1030 g/mol. The number of carboxylic acids is 1. The first-order chi connectivity index (χ1) is 30.9. The normalized spacial score (nSPS) is 19.4. The number of piperidine rings is 1. The summed E-state index contributed by atoms with van der Waals surface area (Å²) in [6.45, 7) is 21.0. The lowest BCUT2D eigenvalue weighted by Crippen LogP contribution is -2.49. The van der Waals surface area contributed by atoms with E-state index >= 15 is 0 Å². The molecule has 2 amide bonds. The summed E-state index contributed by atoms with van der Waals surface area (Å²) in [5.74, 6) is -5.52. The largest absolute Gasteiger partial charge is 0.478 e. The zero-order chi connectivity index (χ0) is 51.5. The van der Waals surface area contributed by atoms with Crippen molar-refractivity contribution in [3.05, 3.63) is 93.5 Å². The molecule has 1 aliphatic heterocycles. The summed E-state index contributed by atoms with van der Waals surface area (Å²) >= 11 is 0. The Kier molecular flexibility index (Phi) is 15.6. The predicted molar refractivity (Wildman–Crippen MR) is 251 cm³/mol. The lowest BCUT2D eigenvalue weighted by atomic mass is 9.98. The Morgan fingerprint density at radius 1 is 0.750 bits per heavy atom. The number of hydrogen-bond donors (Lipinski definition) is 2. The van der Waals surface area contributed by atoms with Crippen molar-refractivity contribution in [1.29, 1.82) is 0 Å². The van der Waals surface area contributed by atoms with Crippen molar-refractivity contribution < 1.29 is 67.1 Å². The molecule has 2 saturated carbocycles. The number of amides is 2. The number of likely N-dealkylation sites (tertiary alicyclic amines) is 1. The highest BCUT2D eigenvalue weighted by atomic mass is 32.2. The van der Waals surface area contributed by atoms with Crippen LogP contribution in [0.25, 0.3) is 0 Å². The van der Waals surface area contributed by atoms with E-state index < -0.39 is 89.6 Å². The van der Waals surface area contributed by atoms with E-state index in [9.17, 15) is 58.3 Å². The molecule has 0 unspecified atom stereocenters. The average Bonchev–Trinajstić information content (AvgIpc) is 4.14. The van der Waals surface area contributed by atoms with Crippen molar-refractivity contribution in [3.8, 4) is 0 Å². The predicted octanol–water partition coefficient (Wildman–Crippen LogP) is 10.1. The zero-order valence-electron chi connectivity index (χ0n) is 40.5. The van der Waals surface area contributed by atoms with Crippen LogP contribution in [0.1, 0.15) is 116 Å². The molecule has 1 heterocycles. The molecule has 3 fully saturated rings. The molecule has 0 radical (unpaired) electrons. The monoisotopic (exact) mass is 1030 g/mol. The van der Waals surface area contributed by atoms with Gasteiger partial charge in [-0.2, -0.15) is 13.2 Å². The Bertz CT molecular complexity index is 2680. The van der Waals surface area contributed by atoms with Crippen LogP contribution in [0.5, 0.6) is 0 Å². The number of aromatic carboxylic acids is 1. The Hall–Kier alpha value is -4.03. The van der Waals surface area contributed by atoms with Gasteiger partial charge in [0.05, 0.1) is 40.2 Å². The quantitative estimate of drug-likeness (QED) is 0.117. The number of halogens is 5. The summed E-state index contributed by atoms with van der Waals surface area (Å²) < 4.78 is 129. The molecule has 2 N–H and O–H groups in total. The number of hydrogen-bond acceptors (Lipinski definition) is 9. The summed E-state index contributed by atoms with van der Waals surface area (Å²) in [7, 11) is -11.4. The molecule has 3 aromatic rings. The van der Waals surface area contributed by atoms with Crippen LogP contribution < -0.4 is 5.32 Å². The molecule has 0 spiro atoms. The third kappa shape index (κ3) is 12.6. The number of alkyl halides is 3. The zero-order valence-corrected chi connectivity index (χ0v) is 44.2. The molecule has 3 aliphatic rings. The highest BCUT2D eigenvalue weighted by molar-refractivity contribution is 7.91. The van der Waals surface area contributed by atoms with Crippen molar-refractivity contribution in [2.24, 2.45) is 11.8 Å². The number of nitrogens with one attached hydrogen (secondary N) is 1. The number of nitrogens with zero attached hydrogens (tertiary/aromatic N) is 1. The summed E-state index contributed by atoms with van der Waals surface area (Å²) in [4.78, 5) is 40.8. The number of fused-ring (bicyclic) bond motifs is 1. The summed E-state index contributed by atoms with van der Waals surface area (Å²) in [5, 5.41) is 11.9. The smallest absolute Gasteiger partial charge is 0.419 e. The van der Waals surface area contributed by atoms with Crippen LogP contribution in [0, 0.1) is 23.5 Å². The number of carbonyl (C=O) groups is 3. The van der Waals surface area contributed by atoms with Gasteiger partial charge in [-0.1, -0.05) is 53.7 Å². The molecule has 1 saturated heterocycles. The molecule has 21 heteroatoms. The van der Waals surface area contributed by atoms with Crippen molar-refractivity contribution in [3.63, 3.8) is 0 Å². The van der Waals surface area contributed by atoms with Crippen LogP contribution in [0.2, 0.25) is 36.3 Å². The van der Waals surface area contributed by atoms with Gasteiger partial charge in [-0.25, -0.2) is 30.4 Å². The van der Waals surface area contributed by atoms with Gasteiger partial charge in [0, 0.05) is 29.7 Å². The molecule has 376 valence electrons. The third-order valence-electron chi connectivity index (χ3n) is 14.0. The number of carboxylic acid groups (broad SMARTS) is 1. The molecule has 6 rings (SSSR count). The SMILES string of the molecule is CC(C)(C)[Si](C)(C)OCc1ccc(S(C)(=O)=O)cc1C(=O)N1[C@@H](C(=O)N[C@@H](c2cc(F)c(C(F)(F)F)cc2F)C2CC2)C[C@H]2C[C@H]21.CC(C)(C)[Si](C)(C)OCc1ccc(S(C)(=O)=O)cc1C(=O)O. The van der Waals surface area contributed by atoms with E-state index in [0.717, 1.165) is 12.5 Å². The molecule has 0 aromatic heterocycles. The maximum Gasteiger partial charge on any atom is 0.419 e. The maximum atomic E-state index is 15.0. The van der Waals surface area contributed by atoms with Gasteiger partial charge in [-0.15, -0.1) is 0 Å². The highest BCUT2D eigenvalue weighted by Gasteiger charge is 2.57. The minimum atomic E-state index is -5.09. The molecule has 4 atom stereocenters. The van der Waals surface area contributed by atoms with Crippen LogP contribution in [-0.2, 0) is 52.7 Å². The molecule has 0 bridgehead atoms. The number of sulfone groups is 2. The Morgan fingerprint density at radius 3 is 1.65 bits per heavy atom. The minimum Gasteiger partial charge on any atom is -0.478 e. The summed E-state index contributed by atoms with van der Waals surface area (Å²) in [6.07, 6.45) is -0.918. The summed E-state index contributed by atoms with van der Waals surface area (Å²) in [5.41, 5.74) is -1.07. The van der Waals surface area contributed by atoms with Crippen LogP contribution in [0.15, 0.2) is 58.3 Å². The number of carbonyl (C=O) groups excluding carboxylic acids is 2. The van der Waals surface area contributed by atoms with Gasteiger partial charge >= 0.3 is 12.1 Å². The second-order valence-corrected chi connectivity index (χ2v) is 34.9. The molecular weight excluding hydrogens is 968 g/mol. The van der Waals surface area contributed by atoms with Gasteiger partial charge in [-0.05, 0) is 121 Å². The first-order valence-corrected chi connectivity index (χ1v) is 31.8. The fraction of sp³-hybridized carbons (Fsp3) is 0.553. The van der Waals surface area contributed by atoms with Gasteiger partial charge in [0.1, 0.15) is 17.7 Å². The third-order valence-corrected chi connectivity index (χ3v) is 25.2. The van der Waals surface area contributed by atoms with Gasteiger partial charge in [0.15, 0.2) is 36.3 Å². The van der Waals surface area contributed by atoms with Crippen LogP contribution in [-0.4, -0.2) is 85.9 Å². The molecule has 68 heavy (non-hydrogen) atoms. The standard InChI is InChI=1S/C32H39F5N2O5SSi.C15H24O5SSi/c1-31(2,3)46(5,6)44-16-18-9-10-20(45(4,42)43)13-21(18)30(41)39-26-11-19(26)12-27(39)29(40)38-28(17-7-8-17)22-14-25(34)23(15-24(22)33)32(35,36)37;1-15(2,3)22(5,6)20-10-11-7-8-12(21(4,18)19)9-13(11)14(16)17/h9-10,13-15,17,19,26-28H,7-8,11-12,16H2,1-6H3,(H,38,40);7-9H,10H2,1-6H3,(H,16,17)/t19-,26-,27-,28-;/m1./s1. The Labute approximate surface area is 398 Å². The fourth-order valence-electron chi connectivity index (χ4n) is 7.44. The summed E-state index contributed by atoms with van der Waals surface area (Å²) in [6, 6.07) is 6.67. The van der Waals surface area contributed by atoms with E-state index in [-0.39, 0.29) is 73.7 Å². The van der Waals surface area contributed by atoms with Gasteiger partial charge in [-0.3, -0.25) is 9.59 Å². The Morgan fingerprint density at radius 2 is 1.22 bits per heavy atom. The van der Waals surface area contributed by atoms with Gasteiger partial charge in [0.2, 0.25) is 5.91 Å². The lowest BCUT2D eigenvalue weighted by Gasteiger charge is -2.36.